The van der Waals surface area contributed by atoms with Crippen molar-refractivity contribution in [3.8, 4) is 11.5 Å². The Morgan fingerprint density at radius 3 is 2.68 bits per heavy atom. The number of benzene rings is 1. The third kappa shape index (κ3) is 4.28. The predicted octanol–water partition coefficient (Wildman–Crippen LogP) is 3.71. The van der Waals surface area contributed by atoms with Gasteiger partial charge >= 0.3 is 0 Å². The highest BCUT2D eigenvalue weighted by molar-refractivity contribution is 5.48. The molecule has 0 radical (unpaired) electrons. The van der Waals surface area contributed by atoms with Crippen molar-refractivity contribution in [2.75, 3.05) is 20.8 Å². The van der Waals surface area contributed by atoms with Crippen LogP contribution in [0.1, 0.15) is 37.8 Å². The SMILES string of the molecule is C=CCCC(NCCC)c1cccc(OC)c1OC. The molecule has 1 aromatic rings. The minimum absolute atomic E-state index is 0.267. The van der Waals surface area contributed by atoms with Gasteiger partial charge in [-0.1, -0.05) is 25.1 Å². The van der Waals surface area contributed by atoms with Gasteiger partial charge in [-0.05, 0) is 31.9 Å². The Labute approximate surface area is 116 Å². The molecular weight excluding hydrogens is 238 g/mol. The molecule has 3 heteroatoms. The molecule has 0 fully saturated rings. The Hall–Kier alpha value is -1.48. The second-order valence-electron chi connectivity index (χ2n) is 4.46. The molecule has 1 rings (SSSR count). The average Bonchev–Trinajstić information content (AvgIpc) is 2.46. The molecule has 0 spiro atoms. The van der Waals surface area contributed by atoms with E-state index in [1.165, 1.54) is 0 Å². The number of nitrogens with one attached hydrogen (secondary N) is 1. The summed E-state index contributed by atoms with van der Waals surface area (Å²) in [5, 5.41) is 3.56. The number of para-hydroxylation sites is 1. The second-order valence-corrected chi connectivity index (χ2v) is 4.46. The van der Waals surface area contributed by atoms with Crippen LogP contribution in [0.15, 0.2) is 30.9 Å². The molecule has 0 aliphatic heterocycles. The van der Waals surface area contributed by atoms with Crippen LogP contribution in [0.4, 0.5) is 0 Å². The highest BCUT2D eigenvalue weighted by atomic mass is 16.5. The molecule has 0 saturated carbocycles. The molecule has 1 atom stereocenters. The van der Waals surface area contributed by atoms with Gasteiger partial charge in [0.25, 0.3) is 0 Å². The maximum atomic E-state index is 5.52. The molecule has 0 aliphatic rings. The molecule has 0 amide bonds. The van der Waals surface area contributed by atoms with E-state index >= 15 is 0 Å². The minimum atomic E-state index is 0.267. The van der Waals surface area contributed by atoms with Crippen molar-refractivity contribution in [2.45, 2.75) is 32.2 Å². The van der Waals surface area contributed by atoms with Crippen LogP contribution < -0.4 is 14.8 Å². The van der Waals surface area contributed by atoms with Crippen molar-refractivity contribution in [3.63, 3.8) is 0 Å². The standard InChI is InChI=1S/C16H25NO2/c1-5-7-10-14(17-12-6-2)13-9-8-11-15(18-3)16(13)19-4/h5,8-9,11,14,17H,1,6-7,10,12H2,2-4H3. The molecule has 3 nitrogen and oxygen atoms in total. The number of allylic oxidation sites excluding steroid dienone is 1. The summed E-state index contributed by atoms with van der Waals surface area (Å²) in [6, 6.07) is 6.29. The number of rotatable bonds is 9. The number of ether oxygens (including phenoxy) is 2. The van der Waals surface area contributed by atoms with E-state index in [-0.39, 0.29) is 6.04 Å². The third-order valence-electron chi connectivity index (χ3n) is 3.11. The lowest BCUT2D eigenvalue weighted by Crippen LogP contribution is -2.22. The Morgan fingerprint density at radius 2 is 2.11 bits per heavy atom. The minimum Gasteiger partial charge on any atom is -0.493 e. The largest absolute Gasteiger partial charge is 0.493 e. The zero-order valence-corrected chi connectivity index (χ0v) is 12.2. The van der Waals surface area contributed by atoms with Gasteiger partial charge < -0.3 is 14.8 Å². The van der Waals surface area contributed by atoms with E-state index in [9.17, 15) is 0 Å². The van der Waals surface area contributed by atoms with Crippen LogP contribution in [-0.4, -0.2) is 20.8 Å². The lowest BCUT2D eigenvalue weighted by Gasteiger charge is -2.22. The molecule has 1 aromatic carbocycles. The lowest BCUT2D eigenvalue weighted by molar-refractivity contribution is 0.345. The van der Waals surface area contributed by atoms with Gasteiger partial charge in [-0.15, -0.1) is 6.58 Å². The highest BCUT2D eigenvalue weighted by Crippen LogP contribution is 2.36. The Morgan fingerprint density at radius 1 is 1.32 bits per heavy atom. The van der Waals surface area contributed by atoms with Gasteiger partial charge in [-0.2, -0.15) is 0 Å². The number of hydrogen-bond acceptors (Lipinski definition) is 3. The summed E-state index contributed by atoms with van der Waals surface area (Å²) in [4.78, 5) is 0. The van der Waals surface area contributed by atoms with Crippen LogP contribution in [0, 0.1) is 0 Å². The smallest absolute Gasteiger partial charge is 0.165 e. The average molecular weight is 263 g/mol. The van der Waals surface area contributed by atoms with Gasteiger partial charge in [0.1, 0.15) is 0 Å². The monoisotopic (exact) mass is 263 g/mol. The summed E-state index contributed by atoms with van der Waals surface area (Å²) < 4.78 is 10.9. The fraction of sp³-hybridized carbons (Fsp3) is 0.500. The zero-order valence-electron chi connectivity index (χ0n) is 12.2. The van der Waals surface area contributed by atoms with Gasteiger partial charge in [0.15, 0.2) is 11.5 Å². The van der Waals surface area contributed by atoms with Crippen LogP contribution in [0.3, 0.4) is 0 Å². The van der Waals surface area contributed by atoms with Gasteiger partial charge in [0, 0.05) is 11.6 Å². The fourth-order valence-corrected chi connectivity index (χ4v) is 2.16. The first-order valence-corrected chi connectivity index (χ1v) is 6.83. The summed E-state index contributed by atoms with van der Waals surface area (Å²) in [5.41, 5.74) is 1.15. The van der Waals surface area contributed by atoms with E-state index in [1.54, 1.807) is 14.2 Å². The molecule has 0 saturated heterocycles. The quantitative estimate of drug-likeness (QED) is 0.689. The van der Waals surface area contributed by atoms with E-state index < -0.39 is 0 Å². The Kier molecular flexibility index (Phi) is 7.04. The van der Waals surface area contributed by atoms with Crippen molar-refractivity contribution in [1.82, 2.24) is 5.32 Å². The van der Waals surface area contributed by atoms with Crippen LogP contribution >= 0.6 is 0 Å². The number of hydrogen-bond donors (Lipinski definition) is 1. The Balaban J connectivity index is 3.01. The summed E-state index contributed by atoms with van der Waals surface area (Å²) >= 11 is 0. The summed E-state index contributed by atoms with van der Waals surface area (Å²) in [7, 11) is 3.35. The lowest BCUT2D eigenvalue weighted by atomic mass is 10.00. The third-order valence-corrected chi connectivity index (χ3v) is 3.11. The van der Waals surface area contributed by atoms with Crippen molar-refractivity contribution in [1.29, 1.82) is 0 Å². The van der Waals surface area contributed by atoms with Crippen molar-refractivity contribution in [3.05, 3.63) is 36.4 Å². The van der Waals surface area contributed by atoms with Gasteiger partial charge in [0.2, 0.25) is 0 Å². The van der Waals surface area contributed by atoms with E-state index in [2.05, 4.69) is 24.9 Å². The molecule has 106 valence electrons. The van der Waals surface area contributed by atoms with Crippen LogP contribution in [0.2, 0.25) is 0 Å². The van der Waals surface area contributed by atoms with Crippen molar-refractivity contribution in [2.24, 2.45) is 0 Å². The topological polar surface area (TPSA) is 30.5 Å². The molecule has 1 N–H and O–H groups in total. The highest BCUT2D eigenvalue weighted by Gasteiger charge is 2.17. The van der Waals surface area contributed by atoms with Gasteiger partial charge in [0.05, 0.1) is 14.2 Å². The van der Waals surface area contributed by atoms with Gasteiger partial charge in [-0.3, -0.25) is 0 Å². The normalized spacial score (nSPS) is 11.9. The first kappa shape index (κ1) is 15.6. The maximum absolute atomic E-state index is 5.52. The molecule has 0 aliphatic carbocycles. The first-order valence-electron chi connectivity index (χ1n) is 6.83. The molecule has 0 bridgehead atoms. The molecular formula is C16H25NO2. The summed E-state index contributed by atoms with van der Waals surface area (Å²) in [6.07, 6.45) is 5.04. The van der Waals surface area contributed by atoms with Crippen molar-refractivity contribution < 1.29 is 9.47 Å². The first-order chi connectivity index (χ1) is 9.28. The van der Waals surface area contributed by atoms with Crippen LogP contribution in [-0.2, 0) is 0 Å². The zero-order chi connectivity index (χ0) is 14.1. The van der Waals surface area contributed by atoms with E-state index in [0.29, 0.717) is 0 Å². The summed E-state index contributed by atoms with van der Waals surface area (Å²) in [5.74, 6) is 1.60. The molecule has 0 heterocycles. The van der Waals surface area contributed by atoms with E-state index in [0.717, 1.165) is 42.9 Å². The molecule has 1 unspecified atom stereocenters. The van der Waals surface area contributed by atoms with E-state index in [4.69, 9.17) is 9.47 Å². The van der Waals surface area contributed by atoms with Gasteiger partial charge in [-0.25, -0.2) is 0 Å². The van der Waals surface area contributed by atoms with Crippen molar-refractivity contribution >= 4 is 0 Å². The number of methoxy groups -OCH3 is 2. The Bertz CT molecular complexity index is 390. The van der Waals surface area contributed by atoms with E-state index in [1.807, 2.05) is 18.2 Å². The van der Waals surface area contributed by atoms with Crippen LogP contribution in [0.25, 0.3) is 0 Å². The maximum Gasteiger partial charge on any atom is 0.165 e. The molecule has 0 aromatic heterocycles. The molecule has 19 heavy (non-hydrogen) atoms. The summed E-state index contributed by atoms with van der Waals surface area (Å²) in [6.45, 7) is 6.95. The second kappa shape index (κ2) is 8.59. The fourth-order valence-electron chi connectivity index (χ4n) is 2.16. The van der Waals surface area contributed by atoms with Crippen LogP contribution in [0.5, 0.6) is 11.5 Å². The predicted molar refractivity (Wildman–Crippen MR) is 80.0 cm³/mol.